The molecular weight excluding hydrogens is 507 g/mol. The standard InChI is InChI=1S/C25H24ClFN4O4S/c1-36(34,35)23-5-3-2-4-19(23)15-6-11-21(20(27)12-15)30-24(32)22-13-17(28)14-31(22)25(33)29-18-9-7-16(26)8-10-18/h2-12,17,22H,13-14,28H2,1H3,(H,29,33)(H,30,32)/t17-,22+/m0/s1. The number of amides is 3. The van der Waals surface area contributed by atoms with E-state index in [9.17, 15) is 22.4 Å². The zero-order valence-corrected chi connectivity index (χ0v) is 20.8. The molecule has 4 rings (SSSR count). The van der Waals surface area contributed by atoms with Gasteiger partial charge in [-0.1, -0.05) is 35.9 Å². The summed E-state index contributed by atoms with van der Waals surface area (Å²) in [5, 5.41) is 5.75. The van der Waals surface area contributed by atoms with Crippen LogP contribution in [0.25, 0.3) is 11.1 Å². The van der Waals surface area contributed by atoms with E-state index < -0.39 is 39.7 Å². The molecule has 0 saturated carbocycles. The largest absolute Gasteiger partial charge is 0.326 e. The average Bonchev–Trinajstić information content (AvgIpc) is 3.23. The van der Waals surface area contributed by atoms with Crippen LogP contribution >= 0.6 is 11.6 Å². The number of benzene rings is 3. The Labute approximate surface area is 213 Å². The van der Waals surface area contributed by atoms with Crippen LogP contribution in [0.2, 0.25) is 5.02 Å². The fourth-order valence-corrected chi connectivity index (χ4v) is 5.14. The number of halogens is 2. The second-order valence-corrected chi connectivity index (χ2v) is 11.0. The topological polar surface area (TPSA) is 122 Å². The average molecular weight is 531 g/mol. The molecule has 1 aliphatic rings. The first kappa shape index (κ1) is 25.6. The smallest absolute Gasteiger partial charge is 0.322 e. The maximum absolute atomic E-state index is 15.0. The third-order valence-electron chi connectivity index (χ3n) is 5.82. The third kappa shape index (κ3) is 5.67. The van der Waals surface area contributed by atoms with Crippen molar-refractivity contribution in [3.05, 3.63) is 77.6 Å². The highest BCUT2D eigenvalue weighted by Crippen LogP contribution is 2.30. The molecule has 36 heavy (non-hydrogen) atoms. The molecule has 0 radical (unpaired) electrons. The lowest BCUT2D eigenvalue weighted by atomic mass is 10.0. The number of likely N-dealkylation sites (tertiary alicyclic amines) is 1. The summed E-state index contributed by atoms with van der Waals surface area (Å²) in [6, 6.07) is 15.0. The van der Waals surface area contributed by atoms with Crippen molar-refractivity contribution in [3.63, 3.8) is 0 Å². The Morgan fingerprint density at radius 3 is 2.42 bits per heavy atom. The van der Waals surface area contributed by atoms with Gasteiger partial charge in [-0.15, -0.1) is 0 Å². The fourth-order valence-electron chi connectivity index (χ4n) is 4.10. The van der Waals surface area contributed by atoms with Gasteiger partial charge in [0, 0.05) is 35.1 Å². The highest BCUT2D eigenvalue weighted by atomic mass is 35.5. The van der Waals surface area contributed by atoms with E-state index in [-0.39, 0.29) is 23.5 Å². The van der Waals surface area contributed by atoms with Crippen molar-refractivity contribution in [2.75, 3.05) is 23.4 Å². The molecule has 0 bridgehead atoms. The Morgan fingerprint density at radius 2 is 1.75 bits per heavy atom. The first-order valence-corrected chi connectivity index (χ1v) is 13.3. The number of nitrogens with two attached hydrogens (primary N) is 1. The molecule has 8 nitrogen and oxygen atoms in total. The lowest BCUT2D eigenvalue weighted by Crippen LogP contribution is -2.45. The molecule has 3 aromatic rings. The van der Waals surface area contributed by atoms with Crippen LogP contribution in [0.1, 0.15) is 6.42 Å². The Balaban J connectivity index is 1.51. The Bertz CT molecular complexity index is 1420. The summed E-state index contributed by atoms with van der Waals surface area (Å²) in [6.07, 6.45) is 1.29. The molecule has 0 spiro atoms. The van der Waals surface area contributed by atoms with Gasteiger partial charge in [-0.05, 0) is 54.4 Å². The molecule has 188 valence electrons. The molecule has 3 aromatic carbocycles. The lowest BCUT2D eigenvalue weighted by Gasteiger charge is -2.24. The number of nitrogens with zero attached hydrogens (tertiary/aromatic N) is 1. The van der Waals surface area contributed by atoms with Crippen LogP contribution in [0, 0.1) is 5.82 Å². The number of sulfone groups is 1. The minimum Gasteiger partial charge on any atom is -0.326 e. The maximum atomic E-state index is 15.0. The van der Waals surface area contributed by atoms with Gasteiger partial charge in [-0.25, -0.2) is 17.6 Å². The molecule has 4 N–H and O–H groups in total. The Morgan fingerprint density at radius 1 is 1.06 bits per heavy atom. The summed E-state index contributed by atoms with van der Waals surface area (Å²) < 4.78 is 39.2. The van der Waals surface area contributed by atoms with Crippen molar-refractivity contribution >= 4 is 44.8 Å². The second-order valence-electron chi connectivity index (χ2n) is 8.55. The van der Waals surface area contributed by atoms with Crippen molar-refractivity contribution in [1.82, 2.24) is 4.90 Å². The second kappa shape index (κ2) is 10.3. The van der Waals surface area contributed by atoms with Crippen molar-refractivity contribution in [2.45, 2.75) is 23.4 Å². The normalized spacial score (nSPS) is 17.6. The number of carbonyl (C=O) groups excluding carboxylic acids is 2. The summed E-state index contributed by atoms with van der Waals surface area (Å²) >= 11 is 5.87. The van der Waals surface area contributed by atoms with Crippen LogP contribution in [-0.4, -0.2) is 50.1 Å². The van der Waals surface area contributed by atoms with Crippen LogP contribution < -0.4 is 16.4 Å². The Hall–Kier alpha value is -3.47. The molecule has 2 atom stereocenters. The molecule has 0 aromatic heterocycles. The summed E-state index contributed by atoms with van der Waals surface area (Å²) in [5.41, 5.74) is 7.12. The zero-order valence-electron chi connectivity index (χ0n) is 19.2. The van der Waals surface area contributed by atoms with E-state index in [0.29, 0.717) is 21.8 Å². The quantitative estimate of drug-likeness (QED) is 0.458. The Kier molecular flexibility index (Phi) is 7.30. The molecule has 1 saturated heterocycles. The lowest BCUT2D eigenvalue weighted by molar-refractivity contribution is -0.119. The van der Waals surface area contributed by atoms with E-state index in [4.69, 9.17) is 17.3 Å². The highest BCUT2D eigenvalue weighted by Gasteiger charge is 2.38. The monoisotopic (exact) mass is 530 g/mol. The first-order chi connectivity index (χ1) is 17.0. The fraction of sp³-hybridized carbons (Fsp3) is 0.200. The predicted molar refractivity (Wildman–Crippen MR) is 137 cm³/mol. The van der Waals surface area contributed by atoms with Gasteiger partial charge in [0.2, 0.25) is 5.91 Å². The number of hydrogen-bond acceptors (Lipinski definition) is 5. The van der Waals surface area contributed by atoms with Crippen LogP contribution in [0.4, 0.5) is 20.6 Å². The van der Waals surface area contributed by atoms with Gasteiger partial charge >= 0.3 is 6.03 Å². The summed E-state index contributed by atoms with van der Waals surface area (Å²) in [6.45, 7) is 0.154. The van der Waals surface area contributed by atoms with Gasteiger partial charge in [-0.2, -0.15) is 0 Å². The van der Waals surface area contributed by atoms with E-state index in [1.807, 2.05) is 0 Å². The minimum absolute atomic E-state index is 0.0727. The summed E-state index contributed by atoms with van der Waals surface area (Å²) in [4.78, 5) is 27.2. The molecule has 0 aliphatic carbocycles. The number of anilines is 2. The molecule has 0 unspecified atom stereocenters. The maximum Gasteiger partial charge on any atom is 0.322 e. The molecule has 1 aliphatic heterocycles. The van der Waals surface area contributed by atoms with Crippen molar-refractivity contribution in [2.24, 2.45) is 5.73 Å². The van der Waals surface area contributed by atoms with Crippen LogP contribution in [-0.2, 0) is 14.6 Å². The number of hydrogen-bond donors (Lipinski definition) is 3. The van der Waals surface area contributed by atoms with Crippen LogP contribution in [0.5, 0.6) is 0 Å². The molecule has 1 fully saturated rings. The molecule has 1 heterocycles. The predicted octanol–water partition coefficient (Wildman–Crippen LogP) is 4.12. The van der Waals surface area contributed by atoms with Gasteiger partial charge in [0.05, 0.1) is 10.6 Å². The summed E-state index contributed by atoms with van der Waals surface area (Å²) in [5.74, 6) is -1.33. The van der Waals surface area contributed by atoms with E-state index in [1.54, 1.807) is 42.5 Å². The number of carbonyl (C=O) groups is 2. The third-order valence-corrected chi connectivity index (χ3v) is 7.22. The van der Waals surface area contributed by atoms with E-state index in [1.165, 1.54) is 23.1 Å². The van der Waals surface area contributed by atoms with Crippen molar-refractivity contribution in [1.29, 1.82) is 0 Å². The number of nitrogens with one attached hydrogen (secondary N) is 2. The van der Waals surface area contributed by atoms with Gasteiger partial charge in [-0.3, -0.25) is 4.79 Å². The van der Waals surface area contributed by atoms with Crippen LogP contribution in [0.3, 0.4) is 0 Å². The van der Waals surface area contributed by atoms with Gasteiger partial charge < -0.3 is 21.3 Å². The van der Waals surface area contributed by atoms with Crippen molar-refractivity contribution in [3.8, 4) is 11.1 Å². The van der Waals surface area contributed by atoms with E-state index in [2.05, 4.69) is 10.6 Å². The van der Waals surface area contributed by atoms with Gasteiger partial charge in [0.1, 0.15) is 11.9 Å². The SMILES string of the molecule is CS(=O)(=O)c1ccccc1-c1ccc(NC(=O)[C@H]2C[C@H](N)CN2C(=O)Nc2ccc(Cl)cc2)c(F)c1. The number of rotatable bonds is 5. The molecular formula is C25H24ClFN4O4S. The van der Waals surface area contributed by atoms with Crippen LogP contribution in [0.15, 0.2) is 71.6 Å². The molecule has 3 amide bonds. The number of urea groups is 1. The van der Waals surface area contributed by atoms with Gasteiger partial charge in [0.25, 0.3) is 0 Å². The zero-order chi connectivity index (χ0) is 26.0. The van der Waals surface area contributed by atoms with Crippen molar-refractivity contribution < 1.29 is 22.4 Å². The highest BCUT2D eigenvalue weighted by molar-refractivity contribution is 7.90. The van der Waals surface area contributed by atoms with Gasteiger partial charge in [0.15, 0.2) is 9.84 Å². The minimum atomic E-state index is -3.53. The molecule has 11 heteroatoms. The van der Waals surface area contributed by atoms with E-state index in [0.717, 1.165) is 12.3 Å². The first-order valence-electron chi connectivity index (χ1n) is 11.0. The van der Waals surface area contributed by atoms with E-state index >= 15 is 0 Å². The summed E-state index contributed by atoms with van der Waals surface area (Å²) in [7, 11) is -3.53.